The second-order valence-corrected chi connectivity index (χ2v) is 3.93. The number of aryl methyl sites for hydroxylation is 1. The number of hydrogen-bond donors (Lipinski definition) is 0. The molecule has 0 saturated carbocycles. The predicted molar refractivity (Wildman–Crippen MR) is 58.1 cm³/mol. The minimum Gasteiger partial charge on any atom is -0.211 e. The van der Waals surface area contributed by atoms with Crippen LogP contribution in [0.1, 0.15) is 30.9 Å². The molecule has 0 saturated heterocycles. The van der Waals surface area contributed by atoms with Gasteiger partial charge in [0.15, 0.2) is 0 Å². The fraction of sp³-hybridized carbons (Fsp3) is 0.364. The minimum absolute atomic E-state index is 0.323. The number of rotatable bonds is 2. The Hall–Kier alpha value is -1.11. The van der Waals surface area contributed by atoms with E-state index in [4.69, 9.17) is 11.6 Å². The fourth-order valence-electron chi connectivity index (χ4n) is 1.29. The van der Waals surface area contributed by atoms with E-state index in [-0.39, 0.29) is 0 Å². The van der Waals surface area contributed by atoms with E-state index >= 15 is 0 Å². The Bertz CT molecular complexity index is 393. The van der Waals surface area contributed by atoms with E-state index in [1.54, 1.807) is 6.08 Å². The van der Waals surface area contributed by atoms with Crippen LogP contribution in [-0.2, 0) is 4.79 Å². The number of aliphatic imine (C=N–C) groups is 1. The molecule has 0 fully saturated rings. The van der Waals surface area contributed by atoms with Crippen LogP contribution in [0.4, 0.5) is 5.69 Å². The molecular formula is C11H12ClNO. The van der Waals surface area contributed by atoms with Gasteiger partial charge in [0.1, 0.15) is 0 Å². The van der Waals surface area contributed by atoms with Crippen LogP contribution in [0.15, 0.2) is 17.1 Å². The highest BCUT2D eigenvalue weighted by Crippen LogP contribution is 2.31. The monoisotopic (exact) mass is 209 g/mol. The Balaban J connectivity index is 3.34. The zero-order chi connectivity index (χ0) is 10.7. The topological polar surface area (TPSA) is 29.4 Å². The molecule has 14 heavy (non-hydrogen) atoms. The maximum absolute atomic E-state index is 10.2. The van der Waals surface area contributed by atoms with Gasteiger partial charge in [-0.2, -0.15) is 4.99 Å². The first-order valence-electron chi connectivity index (χ1n) is 4.44. The van der Waals surface area contributed by atoms with Gasteiger partial charge in [-0.15, -0.1) is 0 Å². The van der Waals surface area contributed by atoms with Gasteiger partial charge in [0.2, 0.25) is 6.08 Å². The number of hydrogen-bond acceptors (Lipinski definition) is 2. The first-order chi connectivity index (χ1) is 6.56. The van der Waals surface area contributed by atoms with E-state index < -0.39 is 0 Å². The van der Waals surface area contributed by atoms with E-state index in [2.05, 4.69) is 4.99 Å². The lowest BCUT2D eigenvalue weighted by Gasteiger charge is -2.10. The molecular weight excluding hydrogens is 198 g/mol. The summed E-state index contributed by atoms with van der Waals surface area (Å²) in [6.45, 7) is 5.96. The molecule has 0 atom stereocenters. The van der Waals surface area contributed by atoms with Crippen LogP contribution in [0.5, 0.6) is 0 Å². The molecule has 0 aliphatic carbocycles. The van der Waals surface area contributed by atoms with Crippen LogP contribution in [0.25, 0.3) is 0 Å². The van der Waals surface area contributed by atoms with Crippen LogP contribution in [0.2, 0.25) is 5.02 Å². The van der Waals surface area contributed by atoms with Crippen molar-refractivity contribution in [2.24, 2.45) is 4.99 Å². The summed E-state index contributed by atoms with van der Waals surface area (Å²) >= 11 is 6.06. The zero-order valence-corrected chi connectivity index (χ0v) is 9.22. The molecule has 0 N–H and O–H groups in total. The molecule has 0 aromatic heterocycles. The van der Waals surface area contributed by atoms with Crippen molar-refractivity contribution >= 4 is 23.4 Å². The van der Waals surface area contributed by atoms with Crippen LogP contribution in [0.3, 0.4) is 0 Å². The van der Waals surface area contributed by atoms with Crippen molar-refractivity contribution in [1.82, 2.24) is 0 Å². The maximum atomic E-state index is 10.2. The number of benzene rings is 1. The molecule has 74 valence electrons. The zero-order valence-electron chi connectivity index (χ0n) is 8.47. The Morgan fingerprint density at radius 3 is 2.57 bits per heavy atom. The third-order valence-corrected chi connectivity index (χ3v) is 2.43. The van der Waals surface area contributed by atoms with Crippen LogP contribution < -0.4 is 0 Å². The van der Waals surface area contributed by atoms with Crippen LogP contribution in [0, 0.1) is 6.92 Å². The second kappa shape index (κ2) is 4.41. The molecule has 3 heteroatoms. The lowest BCUT2D eigenvalue weighted by atomic mass is 10.0. The molecule has 1 aromatic rings. The summed E-state index contributed by atoms with van der Waals surface area (Å²) in [5.41, 5.74) is 2.54. The number of carbonyl (C=O) groups excluding carboxylic acids is 1. The van der Waals surface area contributed by atoms with Crippen molar-refractivity contribution in [3.8, 4) is 0 Å². The van der Waals surface area contributed by atoms with Gasteiger partial charge in [0.05, 0.1) is 5.69 Å². The van der Waals surface area contributed by atoms with Crippen molar-refractivity contribution in [2.45, 2.75) is 26.7 Å². The molecule has 2 nitrogen and oxygen atoms in total. The number of isocyanates is 1. The summed E-state index contributed by atoms with van der Waals surface area (Å²) in [4.78, 5) is 13.8. The lowest BCUT2D eigenvalue weighted by Crippen LogP contribution is -1.89. The van der Waals surface area contributed by atoms with Crippen molar-refractivity contribution in [3.05, 3.63) is 28.3 Å². The van der Waals surface area contributed by atoms with E-state index in [1.165, 1.54) is 0 Å². The molecule has 0 radical (unpaired) electrons. The normalized spacial score (nSPS) is 10.1. The number of nitrogens with zero attached hydrogens (tertiary/aromatic N) is 1. The summed E-state index contributed by atoms with van der Waals surface area (Å²) in [7, 11) is 0. The summed E-state index contributed by atoms with van der Waals surface area (Å²) in [5.74, 6) is 0.323. The van der Waals surface area contributed by atoms with Crippen molar-refractivity contribution in [2.75, 3.05) is 0 Å². The predicted octanol–water partition coefficient (Wildman–Crippen LogP) is 3.74. The van der Waals surface area contributed by atoms with Gasteiger partial charge in [-0.25, -0.2) is 4.79 Å². The molecule has 0 aliphatic rings. The average molecular weight is 210 g/mol. The highest BCUT2D eigenvalue weighted by atomic mass is 35.5. The molecule has 1 rings (SSSR count). The molecule has 0 spiro atoms. The highest BCUT2D eigenvalue weighted by Gasteiger charge is 2.08. The Kier molecular flexibility index (Phi) is 3.45. The van der Waals surface area contributed by atoms with Crippen molar-refractivity contribution in [1.29, 1.82) is 0 Å². The first kappa shape index (κ1) is 11.0. The standard InChI is InChI=1S/C11H12ClNO/c1-7(2)9-5-11(13-6-14)8(3)4-10(9)12/h4-5,7H,1-3H3. The van der Waals surface area contributed by atoms with Crippen molar-refractivity contribution in [3.63, 3.8) is 0 Å². The second-order valence-electron chi connectivity index (χ2n) is 3.52. The summed E-state index contributed by atoms with van der Waals surface area (Å²) in [5, 5.41) is 0.724. The van der Waals surface area contributed by atoms with E-state index in [0.717, 1.165) is 16.1 Å². The molecule has 0 aliphatic heterocycles. The SMILES string of the molecule is Cc1cc(Cl)c(C(C)C)cc1N=C=O. The van der Waals surface area contributed by atoms with Gasteiger partial charge in [-0.3, -0.25) is 0 Å². The molecule has 0 bridgehead atoms. The maximum Gasteiger partial charge on any atom is 0.240 e. The highest BCUT2D eigenvalue weighted by molar-refractivity contribution is 6.31. The van der Waals surface area contributed by atoms with Gasteiger partial charge in [-0.05, 0) is 36.1 Å². The van der Waals surface area contributed by atoms with E-state index in [0.29, 0.717) is 11.6 Å². The van der Waals surface area contributed by atoms with E-state index in [9.17, 15) is 4.79 Å². The van der Waals surface area contributed by atoms with E-state index in [1.807, 2.05) is 32.9 Å². The van der Waals surface area contributed by atoms with Gasteiger partial charge in [0.25, 0.3) is 0 Å². The summed E-state index contributed by atoms with van der Waals surface area (Å²) in [6.07, 6.45) is 1.54. The molecule has 0 amide bonds. The minimum atomic E-state index is 0.323. The summed E-state index contributed by atoms with van der Waals surface area (Å²) in [6, 6.07) is 3.67. The Labute approximate surface area is 88.6 Å². The van der Waals surface area contributed by atoms with Crippen LogP contribution in [-0.4, -0.2) is 6.08 Å². The Morgan fingerprint density at radius 1 is 1.43 bits per heavy atom. The van der Waals surface area contributed by atoms with Gasteiger partial charge < -0.3 is 0 Å². The largest absolute Gasteiger partial charge is 0.240 e. The van der Waals surface area contributed by atoms with Gasteiger partial charge in [-0.1, -0.05) is 25.4 Å². The summed E-state index contributed by atoms with van der Waals surface area (Å²) < 4.78 is 0. The first-order valence-corrected chi connectivity index (χ1v) is 4.82. The fourth-order valence-corrected chi connectivity index (χ4v) is 1.73. The molecule has 1 aromatic carbocycles. The van der Waals surface area contributed by atoms with Crippen molar-refractivity contribution < 1.29 is 4.79 Å². The molecule has 0 heterocycles. The van der Waals surface area contributed by atoms with Crippen LogP contribution >= 0.6 is 11.6 Å². The third kappa shape index (κ3) is 2.22. The smallest absolute Gasteiger partial charge is 0.211 e. The quantitative estimate of drug-likeness (QED) is 0.539. The van der Waals surface area contributed by atoms with Gasteiger partial charge >= 0.3 is 0 Å². The average Bonchev–Trinajstić information content (AvgIpc) is 2.09. The van der Waals surface area contributed by atoms with Gasteiger partial charge in [0, 0.05) is 5.02 Å². The molecule has 0 unspecified atom stereocenters. The third-order valence-electron chi connectivity index (χ3n) is 2.10. The Morgan fingerprint density at radius 2 is 2.07 bits per heavy atom. The lowest BCUT2D eigenvalue weighted by molar-refractivity contribution is 0.565. The number of halogens is 1.